The minimum Gasteiger partial charge on any atom is -0.462 e. The van der Waals surface area contributed by atoms with Crippen molar-refractivity contribution in [3.8, 4) is 0 Å². The van der Waals surface area contributed by atoms with Gasteiger partial charge in [-0.25, -0.2) is 0 Å². The number of hydrogen-bond donors (Lipinski definition) is 3. The Bertz CT molecular complexity index is 1140. The van der Waals surface area contributed by atoms with E-state index in [-0.39, 0.29) is 25.0 Å². The molecule has 224 valence electrons. The lowest BCUT2D eigenvalue weighted by Gasteiger charge is -2.65. The van der Waals surface area contributed by atoms with E-state index in [1.54, 1.807) is 13.8 Å². The minimum absolute atomic E-state index is 0.0211. The molecule has 12 heteroatoms. The fourth-order valence-electron chi connectivity index (χ4n) is 8.13. The fraction of sp³-hybridized carbons (Fsp3) is 0.786. The van der Waals surface area contributed by atoms with Crippen molar-refractivity contribution >= 4 is 23.9 Å². The third-order valence-electron chi connectivity index (χ3n) is 9.60. The van der Waals surface area contributed by atoms with E-state index in [1.165, 1.54) is 34.6 Å². The molecule has 3 N–H and O–H groups in total. The third kappa shape index (κ3) is 4.17. The Labute approximate surface area is 232 Å². The van der Waals surface area contributed by atoms with Crippen LogP contribution in [-0.4, -0.2) is 93.6 Å². The lowest BCUT2D eigenvalue weighted by atomic mass is 9.49. The zero-order valence-electron chi connectivity index (χ0n) is 24.2. The molecule has 0 amide bonds. The maximum atomic E-state index is 12.8. The highest BCUT2D eigenvalue weighted by Gasteiger charge is 2.80. The number of ether oxygens (including phenoxy) is 5. The topological polar surface area (TPSA) is 175 Å². The third-order valence-corrected chi connectivity index (χ3v) is 9.60. The van der Waals surface area contributed by atoms with Crippen molar-refractivity contribution in [1.29, 1.82) is 0 Å². The van der Waals surface area contributed by atoms with Crippen LogP contribution in [0.4, 0.5) is 0 Å². The van der Waals surface area contributed by atoms with Gasteiger partial charge in [0.25, 0.3) is 0 Å². The lowest BCUT2D eigenvalue weighted by Crippen LogP contribution is -2.79. The lowest BCUT2D eigenvalue weighted by molar-refractivity contribution is -0.353. The number of fused-ring (bicyclic) bond motifs is 4. The van der Waals surface area contributed by atoms with Crippen molar-refractivity contribution in [2.24, 2.45) is 16.7 Å². The molecule has 12 nitrogen and oxygen atoms in total. The van der Waals surface area contributed by atoms with Gasteiger partial charge in [-0.05, 0) is 38.3 Å². The molecular weight excluding hydrogens is 528 g/mol. The average molecular weight is 569 g/mol. The van der Waals surface area contributed by atoms with Gasteiger partial charge in [0.15, 0.2) is 5.60 Å². The zero-order valence-corrected chi connectivity index (χ0v) is 24.2. The van der Waals surface area contributed by atoms with Crippen LogP contribution in [0, 0.1) is 16.7 Å². The summed E-state index contributed by atoms with van der Waals surface area (Å²) in [4.78, 5) is 50.3. The number of carbonyl (C=O) groups is 4. The van der Waals surface area contributed by atoms with Crippen LogP contribution in [0.1, 0.15) is 68.2 Å². The van der Waals surface area contributed by atoms with Gasteiger partial charge in [0.2, 0.25) is 0 Å². The summed E-state index contributed by atoms with van der Waals surface area (Å²) in [5.41, 5.74) is -5.96. The largest absolute Gasteiger partial charge is 0.462 e. The number of rotatable bonds is 5. The Morgan fingerprint density at radius 1 is 0.925 bits per heavy atom. The van der Waals surface area contributed by atoms with Crippen molar-refractivity contribution in [3.63, 3.8) is 0 Å². The van der Waals surface area contributed by atoms with E-state index in [0.717, 1.165) is 6.92 Å². The van der Waals surface area contributed by atoms with Gasteiger partial charge in [0.1, 0.15) is 30.5 Å². The first kappa shape index (κ1) is 30.4. The summed E-state index contributed by atoms with van der Waals surface area (Å²) >= 11 is 0. The summed E-state index contributed by atoms with van der Waals surface area (Å²) in [6.07, 6.45) is -7.61. The van der Waals surface area contributed by atoms with Gasteiger partial charge in [-0.1, -0.05) is 6.92 Å². The second-order valence-corrected chi connectivity index (χ2v) is 12.4. The second-order valence-electron chi connectivity index (χ2n) is 12.4. The SMILES string of the molecule is CC(=O)OC1[C@@H](O)C2=C(C)C(O)CC2(C(C)(C)O)C(OC(C)=O)C2C3(OC(C)=O)COC3C[C@H](OC(C)=O)C12C. The van der Waals surface area contributed by atoms with Crippen LogP contribution in [0.25, 0.3) is 0 Å². The molecule has 0 radical (unpaired) electrons. The number of aliphatic hydroxyl groups excluding tert-OH is 2. The van der Waals surface area contributed by atoms with Crippen LogP contribution in [0.3, 0.4) is 0 Å². The summed E-state index contributed by atoms with van der Waals surface area (Å²) in [5.74, 6) is -3.95. The van der Waals surface area contributed by atoms with E-state index >= 15 is 0 Å². The molecular formula is C28H40O12. The monoisotopic (exact) mass is 568 g/mol. The molecule has 0 bridgehead atoms. The van der Waals surface area contributed by atoms with E-state index in [9.17, 15) is 34.5 Å². The Kier molecular flexibility index (Phi) is 7.44. The smallest absolute Gasteiger partial charge is 0.303 e. The number of hydrogen-bond acceptors (Lipinski definition) is 12. The molecule has 0 aromatic heterocycles. The van der Waals surface area contributed by atoms with E-state index in [4.69, 9.17) is 23.7 Å². The van der Waals surface area contributed by atoms with Gasteiger partial charge in [0, 0.05) is 34.1 Å². The molecule has 4 aliphatic rings. The predicted molar refractivity (Wildman–Crippen MR) is 135 cm³/mol. The fourth-order valence-corrected chi connectivity index (χ4v) is 8.13. The Balaban J connectivity index is 2.17. The molecule has 40 heavy (non-hydrogen) atoms. The highest BCUT2D eigenvalue weighted by Crippen LogP contribution is 2.68. The molecule has 4 rings (SSSR count). The normalized spacial score (nSPS) is 42.3. The Morgan fingerprint density at radius 3 is 1.93 bits per heavy atom. The van der Waals surface area contributed by atoms with Crippen LogP contribution in [-0.2, 0) is 42.9 Å². The zero-order chi connectivity index (χ0) is 30.2. The second kappa shape index (κ2) is 9.78. The highest BCUT2D eigenvalue weighted by atomic mass is 16.6. The molecule has 8 unspecified atom stereocenters. The molecule has 0 spiro atoms. The molecule has 3 fully saturated rings. The van der Waals surface area contributed by atoms with Gasteiger partial charge in [0.05, 0.1) is 35.1 Å². The molecule has 2 saturated carbocycles. The molecule has 0 aromatic carbocycles. The van der Waals surface area contributed by atoms with E-state index in [2.05, 4.69) is 0 Å². The highest BCUT2D eigenvalue weighted by molar-refractivity contribution is 5.69. The maximum absolute atomic E-state index is 12.8. The standard InChI is InChI=1S/C28H40O12/c1-12-17(33)10-27(25(6,7)35)20(12)21(34)23(38-14(3)30)26(8)18(37-13(2)29)9-19-28(11-36-19,40-16(5)32)22(26)24(27)39-15(4)31/h17-19,21-24,33-35H,9-11H2,1-8H3/t17?,18-,19?,21-,22?,23?,24?,26?,27?,28?/m0/s1. The van der Waals surface area contributed by atoms with Crippen LogP contribution >= 0.6 is 0 Å². The molecule has 1 aliphatic heterocycles. The maximum Gasteiger partial charge on any atom is 0.303 e. The van der Waals surface area contributed by atoms with Crippen molar-refractivity contribution in [1.82, 2.24) is 0 Å². The quantitative estimate of drug-likeness (QED) is 0.241. The Hall–Kier alpha value is -2.54. The van der Waals surface area contributed by atoms with Crippen LogP contribution in [0.15, 0.2) is 11.1 Å². The van der Waals surface area contributed by atoms with Crippen molar-refractivity contribution in [2.75, 3.05) is 6.61 Å². The first-order valence-electron chi connectivity index (χ1n) is 13.5. The van der Waals surface area contributed by atoms with Gasteiger partial charge in [-0.2, -0.15) is 0 Å². The van der Waals surface area contributed by atoms with Crippen molar-refractivity contribution in [3.05, 3.63) is 11.1 Å². The van der Waals surface area contributed by atoms with Crippen LogP contribution in [0.5, 0.6) is 0 Å². The van der Waals surface area contributed by atoms with Gasteiger partial charge < -0.3 is 39.0 Å². The summed E-state index contributed by atoms with van der Waals surface area (Å²) in [6, 6.07) is 0. The van der Waals surface area contributed by atoms with Gasteiger partial charge in [-0.15, -0.1) is 0 Å². The predicted octanol–water partition coefficient (Wildman–Crippen LogP) is 0.721. The van der Waals surface area contributed by atoms with E-state index in [1.807, 2.05) is 0 Å². The molecule has 1 heterocycles. The van der Waals surface area contributed by atoms with E-state index < -0.39 is 88.5 Å². The van der Waals surface area contributed by atoms with Crippen molar-refractivity contribution < 1.29 is 58.2 Å². The van der Waals surface area contributed by atoms with Gasteiger partial charge >= 0.3 is 23.9 Å². The number of aliphatic hydroxyl groups is 3. The summed E-state index contributed by atoms with van der Waals surface area (Å²) < 4.78 is 29.6. The van der Waals surface area contributed by atoms with Crippen LogP contribution in [0.2, 0.25) is 0 Å². The summed E-state index contributed by atoms with van der Waals surface area (Å²) in [6.45, 7) is 10.8. The Morgan fingerprint density at radius 2 is 1.48 bits per heavy atom. The molecule has 10 atom stereocenters. The molecule has 0 aromatic rings. The van der Waals surface area contributed by atoms with Crippen molar-refractivity contribution in [2.45, 2.75) is 116 Å². The van der Waals surface area contributed by atoms with Gasteiger partial charge in [-0.3, -0.25) is 19.2 Å². The summed E-state index contributed by atoms with van der Waals surface area (Å²) in [7, 11) is 0. The number of esters is 4. The van der Waals surface area contributed by atoms with E-state index in [0.29, 0.717) is 5.57 Å². The van der Waals surface area contributed by atoms with Crippen LogP contribution < -0.4 is 0 Å². The molecule has 3 aliphatic carbocycles. The minimum atomic E-state index is -1.75. The summed E-state index contributed by atoms with van der Waals surface area (Å²) in [5, 5.41) is 35.2. The number of carbonyl (C=O) groups excluding carboxylic acids is 4. The molecule has 1 saturated heterocycles. The first-order chi connectivity index (χ1) is 18.3. The average Bonchev–Trinajstić information content (AvgIpc) is 3.03. The first-order valence-corrected chi connectivity index (χ1v) is 13.5.